The molecule has 2 rings (SSSR count). The Morgan fingerprint density at radius 3 is 3.11 bits per heavy atom. The molecule has 1 amide bonds. The molecule has 0 aromatic carbocycles. The Balaban J connectivity index is 2.07. The molecule has 1 fully saturated rings. The van der Waals surface area contributed by atoms with Gasteiger partial charge in [-0.1, -0.05) is 30.0 Å². The molecular formula is C13H14N2OS3. The maximum absolute atomic E-state index is 12.2. The van der Waals surface area contributed by atoms with Crippen LogP contribution in [0.15, 0.2) is 29.4 Å². The molecule has 0 radical (unpaired) electrons. The number of thioether (sulfide) groups is 2. The third-order valence-electron chi connectivity index (χ3n) is 2.59. The quantitative estimate of drug-likeness (QED) is 0.474. The van der Waals surface area contributed by atoms with E-state index in [1.54, 1.807) is 29.1 Å². The van der Waals surface area contributed by atoms with Gasteiger partial charge in [-0.2, -0.15) is 11.8 Å². The van der Waals surface area contributed by atoms with Crippen LogP contribution in [0.4, 0.5) is 0 Å². The molecule has 2 heterocycles. The van der Waals surface area contributed by atoms with Crippen molar-refractivity contribution in [2.75, 3.05) is 18.6 Å². The zero-order valence-electron chi connectivity index (χ0n) is 10.5. The van der Waals surface area contributed by atoms with Crippen LogP contribution in [-0.2, 0) is 4.79 Å². The Labute approximate surface area is 126 Å². The zero-order chi connectivity index (χ0) is 13.7. The first kappa shape index (κ1) is 14.6. The topological polar surface area (TPSA) is 33.2 Å². The smallest absolute Gasteiger partial charge is 0.266 e. The highest BCUT2D eigenvalue weighted by Crippen LogP contribution is 2.32. The van der Waals surface area contributed by atoms with Crippen LogP contribution >= 0.6 is 35.7 Å². The van der Waals surface area contributed by atoms with Crippen LogP contribution in [-0.4, -0.2) is 38.7 Å². The molecule has 1 saturated heterocycles. The lowest BCUT2D eigenvalue weighted by atomic mass is 10.2. The number of aromatic nitrogens is 1. The van der Waals surface area contributed by atoms with E-state index < -0.39 is 0 Å². The molecule has 0 atom stereocenters. The normalized spacial score (nSPS) is 17.5. The highest BCUT2D eigenvalue weighted by Gasteiger charge is 2.31. The van der Waals surface area contributed by atoms with Gasteiger partial charge in [-0.25, -0.2) is 0 Å². The van der Waals surface area contributed by atoms with Crippen LogP contribution in [0.1, 0.15) is 12.0 Å². The molecule has 0 saturated carbocycles. The van der Waals surface area contributed by atoms with Gasteiger partial charge in [0.1, 0.15) is 4.32 Å². The van der Waals surface area contributed by atoms with Crippen molar-refractivity contribution in [3.63, 3.8) is 0 Å². The molecule has 100 valence electrons. The Morgan fingerprint density at radius 1 is 1.58 bits per heavy atom. The average molecular weight is 310 g/mol. The minimum Gasteiger partial charge on any atom is -0.293 e. The average Bonchev–Trinajstić information content (AvgIpc) is 2.68. The number of hydrogen-bond donors (Lipinski definition) is 0. The largest absolute Gasteiger partial charge is 0.293 e. The van der Waals surface area contributed by atoms with Crippen molar-refractivity contribution in [3.8, 4) is 0 Å². The number of carbonyl (C=O) groups is 1. The van der Waals surface area contributed by atoms with Crippen LogP contribution in [0.25, 0.3) is 6.08 Å². The van der Waals surface area contributed by atoms with Crippen LogP contribution in [0.3, 0.4) is 0 Å². The fourth-order valence-corrected chi connectivity index (χ4v) is 3.40. The van der Waals surface area contributed by atoms with Crippen molar-refractivity contribution in [1.29, 1.82) is 0 Å². The van der Waals surface area contributed by atoms with Gasteiger partial charge in [-0.05, 0) is 36.1 Å². The number of thiocarbonyl (C=S) groups is 1. The van der Waals surface area contributed by atoms with E-state index >= 15 is 0 Å². The molecule has 3 nitrogen and oxygen atoms in total. The lowest BCUT2D eigenvalue weighted by molar-refractivity contribution is -0.122. The van der Waals surface area contributed by atoms with Crippen LogP contribution < -0.4 is 0 Å². The van der Waals surface area contributed by atoms with Crippen molar-refractivity contribution in [1.82, 2.24) is 9.88 Å². The second-order valence-electron chi connectivity index (χ2n) is 3.97. The van der Waals surface area contributed by atoms with Gasteiger partial charge in [0.2, 0.25) is 0 Å². The monoisotopic (exact) mass is 310 g/mol. The first-order valence-corrected chi connectivity index (χ1v) is 8.48. The summed E-state index contributed by atoms with van der Waals surface area (Å²) >= 11 is 8.41. The number of hydrogen-bond acceptors (Lipinski definition) is 5. The first-order chi connectivity index (χ1) is 9.22. The number of carbonyl (C=O) groups excluding carboxylic acids is 1. The molecule has 1 aromatic rings. The molecule has 19 heavy (non-hydrogen) atoms. The summed E-state index contributed by atoms with van der Waals surface area (Å²) in [6.45, 7) is 0.704. The van der Waals surface area contributed by atoms with Gasteiger partial charge in [0.15, 0.2) is 0 Å². The lowest BCUT2D eigenvalue weighted by Crippen LogP contribution is -2.29. The van der Waals surface area contributed by atoms with Crippen LogP contribution in [0.5, 0.6) is 0 Å². The fraction of sp³-hybridized carbons (Fsp3) is 0.308. The molecule has 1 aromatic heterocycles. The standard InChI is InChI=1S/C13H14N2OS3/c1-18-7-3-6-15-12(16)11(19-13(15)17)8-10-4-2-5-14-9-10/h2,4-5,8-9H,3,6-7H2,1H3/b11-8-. The molecule has 0 aliphatic carbocycles. The highest BCUT2D eigenvalue weighted by molar-refractivity contribution is 8.26. The first-order valence-electron chi connectivity index (χ1n) is 5.86. The number of rotatable bonds is 5. The summed E-state index contributed by atoms with van der Waals surface area (Å²) in [4.78, 5) is 18.6. The molecular weight excluding hydrogens is 296 g/mol. The van der Waals surface area contributed by atoms with Crippen LogP contribution in [0, 0.1) is 0 Å². The third kappa shape index (κ3) is 3.81. The van der Waals surface area contributed by atoms with Gasteiger partial charge in [0.25, 0.3) is 5.91 Å². The summed E-state index contributed by atoms with van der Waals surface area (Å²) in [7, 11) is 0. The predicted molar refractivity (Wildman–Crippen MR) is 87.1 cm³/mol. The maximum Gasteiger partial charge on any atom is 0.266 e. The molecule has 0 unspecified atom stereocenters. The molecule has 0 bridgehead atoms. The second-order valence-corrected chi connectivity index (χ2v) is 6.63. The summed E-state index contributed by atoms with van der Waals surface area (Å²) in [5.41, 5.74) is 0.923. The summed E-state index contributed by atoms with van der Waals surface area (Å²) in [6.07, 6.45) is 8.33. The summed E-state index contributed by atoms with van der Waals surface area (Å²) in [5.74, 6) is 1.05. The van der Waals surface area contributed by atoms with E-state index in [-0.39, 0.29) is 5.91 Å². The second kappa shape index (κ2) is 7.07. The maximum atomic E-state index is 12.2. The van der Waals surface area contributed by atoms with Gasteiger partial charge >= 0.3 is 0 Å². The van der Waals surface area contributed by atoms with E-state index in [4.69, 9.17) is 12.2 Å². The molecule has 0 N–H and O–H groups in total. The molecule has 1 aliphatic heterocycles. The Hall–Kier alpha value is -0.850. The van der Waals surface area contributed by atoms with Gasteiger partial charge in [0.05, 0.1) is 4.91 Å². The van der Waals surface area contributed by atoms with Crippen molar-refractivity contribution in [3.05, 3.63) is 35.0 Å². The number of nitrogens with zero attached hydrogens (tertiary/aromatic N) is 2. The lowest BCUT2D eigenvalue weighted by Gasteiger charge is -2.13. The van der Waals surface area contributed by atoms with E-state index in [0.29, 0.717) is 15.8 Å². The number of pyridine rings is 1. The van der Waals surface area contributed by atoms with Crippen molar-refractivity contribution in [2.45, 2.75) is 6.42 Å². The van der Waals surface area contributed by atoms with E-state index in [9.17, 15) is 4.79 Å². The van der Waals surface area contributed by atoms with Crippen molar-refractivity contribution in [2.24, 2.45) is 0 Å². The van der Waals surface area contributed by atoms with Crippen LogP contribution in [0.2, 0.25) is 0 Å². The highest BCUT2D eigenvalue weighted by atomic mass is 32.2. The minimum absolute atomic E-state index is 0.0138. The van der Waals surface area contributed by atoms with Crippen molar-refractivity contribution >= 4 is 52.0 Å². The Kier molecular flexibility index (Phi) is 5.42. The van der Waals surface area contributed by atoms with Gasteiger partial charge < -0.3 is 0 Å². The summed E-state index contributed by atoms with van der Waals surface area (Å²) in [6, 6.07) is 3.78. The van der Waals surface area contributed by atoms with Crippen molar-refractivity contribution < 1.29 is 4.79 Å². The summed E-state index contributed by atoms with van der Waals surface area (Å²) in [5, 5.41) is 0. The Bertz CT molecular complexity index is 502. The molecule has 0 spiro atoms. The van der Waals surface area contributed by atoms with Gasteiger partial charge in [-0.3, -0.25) is 14.7 Å². The molecule has 6 heteroatoms. The zero-order valence-corrected chi connectivity index (χ0v) is 13.0. The minimum atomic E-state index is 0.0138. The summed E-state index contributed by atoms with van der Waals surface area (Å²) < 4.78 is 0.654. The van der Waals surface area contributed by atoms with E-state index in [1.807, 2.05) is 18.2 Å². The Morgan fingerprint density at radius 2 is 2.42 bits per heavy atom. The van der Waals surface area contributed by atoms with E-state index in [2.05, 4.69) is 11.2 Å². The molecule has 1 aliphatic rings. The fourth-order valence-electron chi connectivity index (χ4n) is 1.67. The van der Waals surface area contributed by atoms with Gasteiger partial charge in [0, 0.05) is 18.9 Å². The predicted octanol–water partition coefficient (Wildman–Crippen LogP) is 3.04. The third-order valence-corrected chi connectivity index (χ3v) is 4.66. The SMILES string of the molecule is CSCCCN1C(=O)/C(=C/c2cccnc2)SC1=S. The van der Waals surface area contributed by atoms with E-state index in [1.165, 1.54) is 11.8 Å². The van der Waals surface area contributed by atoms with Gasteiger partial charge in [-0.15, -0.1) is 0 Å². The number of amides is 1. The van der Waals surface area contributed by atoms with E-state index in [0.717, 1.165) is 17.7 Å².